The van der Waals surface area contributed by atoms with E-state index < -0.39 is 6.10 Å². The molecule has 1 N–H and O–H groups in total. The zero-order valence-electron chi connectivity index (χ0n) is 12.5. The summed E-state index contributed by atoms with van der Waals surface area (Å²) in [5.41, 5.74) is 0.893. The smallest absolute Gasteiger partial charge is 0.161 e. The topological polar surface area (TPSA) is 41.9 Å². The van der Waals surface area contributed by atoms with Crippen LogP contribution < -0.4 is 9.47 Å². The molecular weight excluding hydrogens is 254 g/mol. The Kier molecular flexibility index (Phi) is 5.68. The molecule has 20 heavy (non-hydrogen) atoms. The number of nitrogens with zero attached hydrogens (tertiary/aromatic N) is 1. The van der Waals surface area contributed by atoms with Crippen LogP contribution in [0.4, 0.5) is 0 Å². The highest BCUT2D eigenvalue weighted by molar-refractivity contribution is 5.44. The zero-order valence-corrected chi connectivity index (χ0v) is 12.5. The van der Waals surface area contributed by atoms with Crippen molar-refractivity contribution in [3.8, 4) is 11.5 Å². The molecule has 0 fully saturated rings. The summed E-state index contributed by atoms with van der Waals surface area (Å²) in [6, 6.07) is 5.70. The van der Waals surface area contributed by atoms with Crippen LogP contribution in [-0.4, -0.2) is 42.9 Å². The predicted molar refractivity (Wildman–Crippen MR) is 79.4 cm³/mol. The van der Waals surface area contributed by atoms with Gasteiger partial charge in [0.25, 0.3) is 0 Å². The monoisotopic (exact) mass is 279 g/mol. The molecule has 0 radical (unpaired) electrons. The molecule has 1 aliphatic heterocycles. The number of hydrogen-bond acceptors (Lipinski definition) is 4. The number of unbranched alkanes of at least 4 members (excludes halogenated alkanes) is 1. The van der Waals surface area contributed by atoms with E-state index >= 15 is 0 Å². The number of likely N-dealkylation sites (N-methyl/N-ethyl adjacent to an activating group) is 1. The van der Waals surface area contributed by atoms with Gasteiger partial charge in [0.05, 0.1) is 6.10 Å². The minimum atomic E-state index is -0.484. The summed E-state index contributed by atoms with van der Waals surface area (Å²) in [5, 5.41) is 10.4. The Morgan fingerprint density at radius 2 is 1.95 bits per heavy atom. The van der Waals surface area contributed by atoms with Crippen LogP contribution in [0.5, 0.6) is 11.5 Å². The van der Waals surface area contributed by atoms with E-state index in [1.54, 1.807) is 0 Å². The quantitative estimate of drug-likeness (QED) is 0.833. The summed E-state index contributed by atoms with van der Waals surface area (Å²) < 4.78 is 11.1. The number of benzene rings is 1. The van der Waals surface area contributed by atoms with E-state index in [0.717, 1.165) is 30.2 Å². The summed E-state index contributed by atoms with van der Waals surface area (Å²) >= 11 is 0. The number of ether oxygens (including phenoxy) is 2. The number of hydrogen-bond donors (Lipinski definition) is 1. The Bertz CT molecular complexity index is 422. The molecule has 2 rings (SSSR count). The normalized spacial score (nSPS) is 15.4. The third kappa shape index (κ3) is 3.87. The highest BCUT2D eigenvalue weighted by Crippen LogP contribution is 2.32. The van der Waals surface area contributed by atoms with Crippen molar-refractivity contribution in [1.82, 2.24) is 4.90 Å². The Balaban J connectivity index is 1.99. The Morgan fingerprint density at radius 1 is 1.20 bits per heavy atom. The Labute approximate surface area is 121 Å². The molecule has 4 heteroatoms. The molecular formula is C16H25NO3. The van der Waals surface area contributed by atoms with E-state index in [1.807, 2.05) is 18.2 Å². The second-order valence-corrected chi connectivity index (χ2v) is 5.17. The van der Waals surface area contributed by atoms with Crippen LogP contribution >= 0.6 is 0 Å². The molecule has 0 spiro atoms. The fraction of sp³-hybridized carbons (Fsp3) is 0.625. The molecule has 0 saturated carbocycles. The molecule has 4 nitrogen and oxygen atoms in total. The van der Waals surface area contributed by atoms with E-state index in [4.69, 9.17) is 9.47 Å². The van der Waals surface area contributed by atoms with Gasteiger partial charge in [-0.25, -0.2) is 0 Å². The van der Waals surface area contributed by atoms with E-state index in [9.17, 15) is 5.11 Å². The molecule has 0 amide bonds. The fourth-order valence-corrected chi connectivity index (χ4v) is 2.38. The predicted octanol–water partition coefficient (Wildman–Crippen LogP) is 2.61. The SMILES string of the molecule is CCCCN(CC)C[C@H](O)c1ccc2c(c1)OCCO2. The number of aliphatic hydroxyl groups excluding tert-OH is 1. The second-order valence-electron chi connectivity index (χ2n) is 5.17. The van der Waals surface area contributed by atoms with Gasteiger partial charge in [0.15, 0.2) is 11.5 Å². The van der Waals surface area contributed by atoms with Crippen LogP contribution in [-0.2, 0) is 0 Å². The molecule has 0 unspecified atom stereocenters. The van der Waals surface area contributed by atoms with Gasteiger partial charge in [0, 0.05) is 6.54 Å². The summed E-state index contributed by atoms with van der Waals surface area (Å²) in [6.45, 7) is 8.14. The number of fused-ring (bicyclic) bond motifs is 1. The third-order valence-electron chi connectivity index (χ3n) is 3.66. The zero-order chi connectivity index (χ0) is 14.4. The van der Waals surface area contributed by atoms with Crippen molar-refractivity contribution in [2.45, 2.75) is 32.8 Å². The van der Waals surface area contributed by atoms with Gasteiger partial charge in [-0.1, -0.05) is 26.3 Å². The summed E-state index contributed by atoms with van der Waals surface area (Å²) in [5.74, 6) is 1.51. The van der Waals surface area contributed by atoms with E-state index in [2.05, 4.69) is 18.7 Å². The van der Waals surface area contributed by atoms with Crippen LogP contribution in [0.2, 0.25) is 0 Å². The largest absolute Gasteiger partial charge is 0.486 e. The average molecular weight is 279 g/mol. The van der Waals surface area contributed by atoms with Gasteiger partial charge in [0.1, 0.15) is 13.2 Å². The maximum atomic E-state index is 10.4. The average Bonchev–Trinajstić information content (AvgIpc) is 2.50. The maximum absolute atomic E-state index is 10.4. The van der Waals surface area contributed by atoms with Gasteiger partial charge in [-0.15, -0.1) is 0 Å². The highest BCUT2D eigenvalue weighted by atomic mass is 16.6. The van der Waals surface area contributed by atoms with Crippen molar-refractivity contribution in [2.24, 2.45) is 0 Å². The van der Waals surface area contributed by atoms with Crippen LogP contribution in [0.1, 0.15) is 38.4 Å². The van der Waals surface area contributed by atoms with Gasteiger partial charge in [-0.2, -0.15) is 0 Å². The molecule has 1 atom stereocenters. The van der Waals surface area contributed by atoms with E-state index in [1.165, 1.54) is 12.8 Å². The van der Waals surface area contributed by atoms with Gasteiger partial charge in [0.2, 0.25) is 0 Å². The lowest BCUT2D eigenvalue weighted by Crippen LogP contribution is -2.29. The van der Waals surface area contributed by atoms with Crippen molar-refractivity contribution in [2.75, 3.05) is 32.8 Å². The minimum absolute atomic E-state index is 0.484. The molecule has 0 bridgehead atoms. The maximum Gasteiger partial charge on any atom is 0.161 e. The first-order chi connectivity index (χ1) is 9.74. The lowest BCUT2D eigenvalue weighted by atomic mass is 10.1. The van der Waals surface area contributed by atoms with Crippen LogP contribution in [0, 0.1) is 0 Å². The molecule has 1 aliphatic rings. The van der Waals surface area contributed by atoms with Gasteiger partial charge >= 0.3 is 0 Å². The van der Waals surface area contributed by atoms with Crippen molar-refractivity contribution in [1.29, 1.82) is 0 Å². The van der Waals surface area contributed by atoms with E-state index in [0.29, 0.717) is 19.8 Å². The van der Waals surface area contributed by atoms with Crippen molar-refractivity contribution in [3.05, 3.63) is 23.8 Å². The van der Waals surface area contributed by atoms with E-state index in [-0.39, 0.29) is 0 Å². The first kappa shape index (κ1) is 15.1. The number of rotatable bonds is 7. The Hall–Kier alpha value is -1.26. The van der Waals surface area contributed by atoms with Gasteiger partial charge in [-0.3, -0.25) is 0 Å². The highest BCUT2D eigenvalue weighted by Gasteiger charge is 2.17. The summed E-state index contributed by atoms with van der Waals surface area (Å²) in [6.07, 6.45) is 1.86. The molecule has 1 aromatic rings. The van der Waals surface area contributed by atoms with Crippen LogP contribution in [0.3, 0.4) is 0 Å². The molecule has 0 aliphatic carbocycles. The second kappa shape index (κ2) is 7.50. The van der Waals surface area contributed by atoms with Gasteiger partial charge in [-0.05, 0) is 37.2 Å². The minimum Gasteiger partial charge on any atom is -0.486 e. The molecule has 1 aromatic carbocycles. The molecule has 112 valence electrons. The Morgan fingerprint density at radius 3 is 2.65 bits per heavy atom. The van der Waals surface area contributed by atoms with Gasteiger partial charge < -0.3 is 19.5 Å². The van der Waals surface area contributed by atoms with Crippen molar-refractivity contribution in [3.63, 3.8) is 0 Å². The lowest BCUT2D eigenvalue weighted by molar-refractivity contribution is 0.114. The molecule has 0 saturated heterocycles. The standard InChI is InChI=1S/C16H25NO3/c1-3-5-8-17(4-2)12-14(18)13-6-7-15-16(11-13)20-10-9-19-15/h6-7,11,14,18H,3-5,8-10,12H2,1-2H3/t14-/m0/s1. The number of aliphatic hydroxyl groups is 1. The lowest BCUT2D eigenvalue weighted by Gasteiger charge is -2.25. The summed E-state index contributed by atoms with van der Waals surface area (Å²) in [4.78, 5) is 2.28. The summed E-state index contributed by atoms with van der Waals surface area (Å²) in [7, 11) is 0. The van der Waals surface area contributed by atoms with Crippen LogP contribution in [0.15, 0.2) is 18.2 Å². The first-order valence-electron chi connectivity index (χ1n) is 7.54. The van der Waals surface area contributed by atoms with Crippen LogP contribution in [0.25, 0.3) is 0 Å². The van der Waals surface area contributed by atoms with Crippen molar-refractivity contribution >= 4 is 0 Å². The molecule has 1 heterocycles. The first-order valence-corrected chi connectivity index (χ1v) is 7.54. The molecule has 0 aromatic heterocycles. The van der Waals surface area contributed by atoms with Crippen molar-refractivity contribution < 1.29 is 14.6 Å². The fourth-order valence-electron chi connectivity index (χ4n) is 2.38. The third-order valence-corrected chi connectivity index (χ3v) is 3.66.